The molecule has 1 aromatic heterocycles. The van der Waals surface area contributed by atoms with Crippen LogP contribution in [0, 0.1) is 0 Å². The molecule has 1 saturated heterocycles. The molecule has 3 rings (SSSR count). The summed E-state index contributed by atoms with van der Waals surface area (Å²) in [4.78, 5) is 13.6. The third kappa shape index (κ3) is 4.68. The lowest BCUT2D eigenvalue weighted by Gasteiger charge is -2.24. The van der Waals surface area contributed by atoms with Crippen LogP contribution >= 0.6 is 11.3 Å². The molecular formula is C18H23N2O3S2+. The largest absolute Gasteiger partial charge is 0.345 e. The van der Waals surface area contributed by atoms with Gasteiger partial charge in [0.05, 0.1) is 21.9 Å². The van der Waals surface area contributed by atoms with Crippen molar-refractivity contribution in [3.8, 4) is 0 Å². The number of quaternary nitrogens is 1. The van der Waals surface area contributed by atoms with Crippen LogP contribution in [0.3, 0.4) is 0 Å². The van der Waals surface area contributed by atoms with Gasteiger partial charge < -0.3 is 10.6 Å². The van der Waals surface area contributed by atoms with Crippen molar-refractivity contribution in [3.63, 3.8) is 0 Å². The van der Waals surface area contributed by atoms with Crippen molar-refractivity contribution in [1.82, 2.24) is 5.32 Å². The molecule has 1 fully saturated rings. The fraction of sp³-hybridized carbons (Fsp3) is 0.389. The normalized spacial score (nSPS) is 23.2. The number of thiophene rings is 1. The molecule has 1 aliphatic rings. The predicted octanol–water partition coefficient (Wildman–Crippen LogP) is 1.09. The summed E-state index contributed by atoms with van der Waals surface area (Å²) in [6, 6.07) is 14.2. The Morgan fingerprint density at radius 1 is 1.28 bits per heavy atom. The second-order valence-electron chi connectivity index (χ2n) is 6.79. The van der Waals surface area contributed by atoms with Crippen molar-refractivity contribution in [1.29, 1.82) is 0 Å². The lowest BCUT2D eigenvalue weighted by molar-refractivity contribution is -0.676. The van der Waals surface area contributed by atoms with Crippen LogP contribution in [0.2, 0.25) is 0 Å². The van der Waals surface area contributed by atoms with Gasteiger partial charge in [0.1, 0.15) is 6.04 Å². The van der Waals surface area contributed by atoms with E-state index >= 15 is 0 Å². The Kier molecular flexibility index (Phi) is 5.27. The van der Waals surface area contributed by atoms with Crippen molar-refractivity contribution in [2.75, 3.05) is 18.1 Å². The number of carbonyl (C=O) groups is 1. The van der Waals surface area contributed by atoms with Crippen molar-refractivity contribution >= 4 is 27.1 Å². The van der Waals surface area contributed by atoms with Gasteiger partial charge in [-0.2, -0.15) is 0 Å². The quantitative estimate of drug-likeness (QED) is 0.789. The molecule has 25 heavy (non-hydrogen) atoms. The summed E-state index contributed by atoms with van der Waals surface area (Å²) in [6.07, 6.45) is 0.480. The molecule has 0 radical (unpaired) electrons. The maximum Gasteiger partial charge on any atom is 0.275 e. The van der Waals surface area contributed by atoms with Gasteiger partial charge in [-0.3, -0.25) is 4.79 Å². The fourth-order valence-corrected chi connectivity index (χ4v) is 6.21. The van der Waals surface area contributed by atoms with E-state index < -0.39 is 15.4 Å². The van der Waals surface area contributed by atoms with E-state index in [0.717, 1.165) is 5.56 Å². The van der Waals surface area contributed by atoms with E-state index in [4.69, 9.17) is 0 Å². The van der Waals surface area contributed by atoms with Gasteiger partial charge >= 0.3 is 0 Å². The molecule has 2 aromatic rings. The first kappa shape index (κ1) is 18.1. The molecule has 5 nitrogen and oxygen atoms in total. The van der Waals surface area contributed by atoms with Gasteiger partial charge in [0.2, 0.25) is 0 Å². The van der Waals surface area contributed by atoms with E-state index in [1.807, 2.05) is 41.9 Å². The molecule has 0 bridgehead atoms. The first-order chi connectivity index (χ1) is 11.9. The van der Waals surface area contributed by atoms with Gasteiger partial charge in [-0.15, -0.1) is 11.3 Å². The molecule has 0 spiro atoms. The Bertz CT molecular complexity index is 819. The number of nitrogens with two attached hydrogens (primary N) is 1. The summed E-state index contributed by atoms with van der Waals surface area (Å²) in [6.45, 7) is 2.07. The molecular weight excluding hydrogens is 356 g/mol. The molecule has 2 heterocycles. The zero-order valence-electron chi connectivity index (χ0n) is 14.1. The zero-order valence-corrected chi connectivity index (χ0v) is 15.8. The number of rotatable bonds is 6. The van der Waals surface area contributed by atoms with Crippen LogP contribution in [-0.4, -0.2) is 37.9 Å². The van der Waals surface area contributed by atoms with Crippen LogP contribution < -0.4 is 10.6 Å². The van der Waals surface area contributed by atoms with Crippen molar-refractivity contribution < 1.29 is 18.5 Å². The first-order valence-electron chi connectivity index (χ1n) is 8.30. The Labute approximate surface area is 152 Å². The highest BCUT2D eigenvalue weighted by atomic mass is 32.2. The SMILES string of the molecule is C[C@@]1(NC(=O)C[NH2+][C@@H](c2ccccc2)c2cccs2)CCS(=O)(=O)C1. The third-order valence-corrected chi connectivity index (χ3v) is 7.35. The highest BCUT2D eigenvalue weighted by Gasteiger charge is 2.39. The molecule has 0 saturated carbocycles. The average molecular weight is 380 g/mol. The average Bonchev–Trinajstić information content (AvgIpc) is 3.17. The van der Waals surface area contributed by atoms with E-state index in [1.165, 1.54) is 4.88 Å². The van der Waals surface area contributed by atoms with E-state index in [1.54, 1.807) is 11.3 Å². The topological polar surface area (TPSA) is 79.8 Å². The van der Waals surface area contributed by atoms with E-state index in [9.17, 15) is 13.2 Å². The Balaban J connectivity index is 1.65. The van der Waals surface area contributed by atoms with Gasteiger partial charge in [0, 0.05) is 5.56 Å². The molecule has 134 valence electrons. The number of amides is 1. The minimum absolute atomic E-state index is 0.0266. The number of nitrogens with one attached hydrogen (secondary N) is 1. The molecule has 7 heteroatoms. The highest BCUT2D eigenvalue weighted by Crippen LogP contribution is 2.23. The summed E-state index contributed by atoms with van der Waals surface area (Å²) < 4.78 is 23.4. The smallest absolute Gasteiger partial charge is 0.275 e. The molecule has 2 atom stereocenters. The second-order valence-corrected chi connectivity index (χ2v) is 9.96. The summed E-state index contributed by atoms with van der Waals surface area (Å²) in [5.74, 6) is 0.0470. The van der Waals surface area contributed by atoms with E-state index in [-0.39, 0.29) is 30.0 Å². The molecule has 1 aliphatic heterocycles. The minimum Gasteiger partial charge on any atom is -0.345 e. The Morgan fingerprint density at radius 3 is 2.64 bits per heavy atom. The fourth-order valence-electron chi connectivity index (χ4n) is 3.27. The maximum absolute atomic E-state index is 12.4. The van der Waals surface area contributed by atoms with E-state index in [0.29, 0.717) is 6.42 Å². The number of benzene rings is 1. The zero-order chi connectivity index (χ0) is 17.9. The molecule has 1 amide bonds. The Morgan fingerprint density at radius 2 is 2.04 bits per heavy atom. The third-order valence-electron chi connectivity index (χ3n) is 4.49. The molecule has 0 unspecified atom stereocenters. The summed E-state index contributed by atoms with van der Waals surface area (Å²) >= 11 is 1.67. The maximum atomic E-state index is 12.4. The number of carbonyl (C=O) groups excluding carboxylic acids is 1. The summed E-state index contributed by atoms with van der Waals surface area (Å²) in [5.41, 5.74) is 0.502. The van der Waals surface area contributed by atoms with Crippen LogP contribution in [-0.2, 0) is 14.6 Å². The van der Waals surface area contributed by atoms with E-state index in [2.05, 4.69) is 23.5 Å². The standard InChI is InChI=1S/C18H22N2O3S2/c1-18(9-11-25(22,23)13-18)20-16(21)12-19-17(15-8-5-10-24-15)14-6-3-2-4-7-14/h2-8,10,17,19H,9,11-13H2,1H3,(H,20,21)/p+1/t17-,18+/m0/s1. The van der Waals surface area contributed by atoms with Crippen LogP contribution in [0.1, 0.15) is 29.8 Å². The predicted molar refractivity (Wildman–Crippen MR) is 99.2 cm³/mol. The number of sulfone groups is 1. The van der Waals surface area contributed by atoms with Crippen molar-refractivity contribution in [2.24, 2.45) is 0 Å². The van der Waals surface area contributed by atoms with Crippen LogP contribution in [0.15, 0.2) is 47.8 Å². The van der Waals surface area contributed by atoms with Crippen molar-refractivity contribution in [2.45, 2.75) is 24.9 Å². The van der Waals surface area contributed by atoms with Gasteiger partial charge in [0.25, 0.3) is 5.91 Å². The van der Waals surface area contributed by atoms with Gasteiger partial charge in [-0.1, -0.05) is 36.4 Å². The highest BCUT2D eigenvalue weighted by molar-refractivity contribution is 7.91. The van der Waals surface area contributed by atoms with Crippen LogP contribution in [0.5, 0.6) is 0 Å². The molecule has 3 N–H and O–H groups in total. The van der Waals surface area contributed by atoms with Crippen molar-refractivity contribution in [3.05, 3.63) is 58.3 Å². The lowest BCUT2D eigenvalue weighted by atomic mass is 10.0. The van der Waals surface area contributed by atoms with Gasteiger partial charge in [0.15, 0.2) is 16.4 Å². The van der Waals surface area contributed by atoms with Crippen LogP contribution in [0.25, 0.3) is 0 Å². The minimum atomic E-state index is -3.03. The first-order valence-corrected chi connectivity index (χ1v) is 11.0. The summed E-state index contributed by atoms with van der Waals surface area (Å²) in [5, 5.41) is 6.95. The second kappa shape index (κ2) is 7.27. The lowest BCUT2D eigenvalue weighted by Crippen LogP contribution is -2.88. The van der Waals surface area contributed by atoms with Gasteiger partial charge in [-0.05, 0) is 24.8 Å². The molecule has 1 aromatic carbocycles. The Hall–Kier alpha value is -1.70. The monoisotopic (exact) mass is 379 g/mol. The molecule has 0 aliphatic carbocycles. The van der Waals surface area contributed by atoms with Crippen LogP contribution in [0.4, 0.5) is 0 Å². The van der Waals surface area contributed by atoms with Gasteiger partial charge in [-0.25, -0.2) is 8.42 Å². The summed E-state index contributed by atoms with van der Waals surface area (Å²) in [7, 11) is -3.03. The number of hydrogen-bond donors (Lipinski definition) is 2. The number of hydrogen-bond acceptors (Lipinski definition) is 4.